The van der Waals surface area contributed by atoms with Crippen molar-refractivity contribution in [3.63, 3.8) is 0 Å². The van der Waals surface area contributed by atoms with Gasteiger partial charge in [0.05, 0.1) is 7.11 Å². The molecule has 0 saturated carbocycles. The van der Waals surface area contributed by atoms with Gasteiger partial charge in [0, 0.05) is 19.6 Å². The highest BCUT2D eigenvalue weighted by Gasteiger charge is 2.34. The first kappa shape index (κ1) is 15.7. The first-order chi connectivity index (χ1) is 11.2. The molecule has 124 valence electrons. The zero-order valence-electron chi connectivity index (χ0n) is 13.5. The quantitative estimate of drug-likeness (QED) is 0.839. The Morgan fingerprint density at radius 2 is 2.00 bits per heavy atom. The number of hydrogen-bond acceptors (Lipinski definition) is 3. The molecule has 3 rings (SSSR count). The van der Waals surface area contributed by atoms with E-state index in [4.69, 9.17) is 4.74 Å². The molecule has 1 saturated heterocycles. The smallest absolute Gasteiger partial charge is 0.317 e. The Kier molecular flexibility index (Phi) is 4.74. The van der Waals surface area contributed by atoms with Crippen LogP contribution in [-0.4, -0.2) is 42.8 Å². The number of phenolic OH excluding ortho intramolecular Hbond substituents is 1. The predicted molar refractivity (Wildman–Crippen MR) is 88.7 cm³/mol. The molecule has 2 aliphatic rings. The molecule has 1 aliphatic heterocycles. The minimum Gasteiger partial charge on any atom is -0.504 e. The lowest BCUT2D eigenvalue weighted by Gasteiger charge is -2.17. The number of benzene rings is 1. The van der Waals surface area contributed by atoms with Crippen LogP contribution in [0.2, 0.25) is 0 Å². The lowest BCUT2D eigenvalue weighted by molar-refractivity contribution is 0.206. The summed E-state index contributed by atoms with van der Waals surface area (Å²) in [4.78, 5) is 14.2. The average molecular weight is 316 g/mol. The van der Waals surface area contributed by atoms with E-state index in [-0.39, 0.29) is 11.8 Å². The molecule has 0 spiro atoms. The number of amides is 2. The fourth-order valence-electron chi connectivity index (χ4n) is 3.48. The molecular weight excluding hydrogens is 292 g/mol. The fourth-order valence-corrected chi connectivity index (χ4v) is 3.48. The fraction of sp³-hybridized carbons (Fsp3) is 0.500. The molecule has 1 aromatic carbocycles. The van der Waals surface area contributed by atoms with E-state index in [1.807, 2.05) is 11.0 Å². The van der Waals surface area contributed by atoms with E-state index in [0.29, 0.717) is 30.6 Å². The van der Waals surface area contributed by atoms with Gasteiger partial charge in [-0.3, -0.25) is 0 Å². The molecule has 5 heteroatoms. The maximum atomic E-state index is 12.3. The van der Waals surface area contributed by atoms with Gasteiger partial charge in [-0.1, -0.05) is 18.2 Å². The molecule has 1 aliphatic carbocycles. The Morgan fingerprint density at radius 3 is 2.65 bits per heavy atom. The summed E-state index contributed by atoms with van der Waals surface area (Å²) in [5.74, 6) is 1.86. The summed E-state index contributed by atoms with van der Waals surface area (Å²) in [5, 5.41) is 12.6. The van der Waals surface area contributed by atoms with E-state index in [2.05, 4.69) is 17.5 Å². The van der Waals surface area contributed by atoms with Gasteiger partial charge in [-0.25, -0.2) is 4.79 Å². The predicted octanol–water partition coefficient (Wildman–Crippen LogP) is 2.55. The minimum absolute atomic E-state index is 0.0325. The molecule has 0 radical (unpaired) electrons. The Morgan fingerprint density at radius 1 is 1.30 bits per heavy atom. The monoisotopic (exact) mass is 316 g/mol. The number of nitrogens with zero attached hydrogens (tertiary/aromatic N) is 1. The van der Waals surface area contributed by atoms with Gasteiger partial charge in [0.2, 0.25) is 0 Å². The van der Waals surface area contributed by atoms with Crippen molar-refractivity contribution in [3.8, 4) is 11.5 Å². The Labute approximate surface area is 136 Å². The van der Waals surface area contributed by atoms with Crippen molar-refractivity contribution in [2.45, 2.75) is 19.3 Å². The zero-order valence-corrected chi connectivity index (χ0v) is 13.5. The van der Waals surface area contributed by atoms with Crippen molar-refractivity contribution >= 4 is 6.03 Å². The van der Waals surface area contributed by atoms with Crippen LogP contribution in [0.1, 0.15) is 18.4 Å². The first-order valence-electron chi connectivity index (χ1n) is 8.21. The number of fused-ring (bicyclic) bond motifs is 1. The third kappa shape index (κ3) is 3.60. The molecule has 0 bridgehead atoms. The summed E-state index contributed by atoms with van der Waals surface area (Å²) < 4.78 is 5.10. The van der Waals surface area contributed by atoms with Crippen molar-refractivity contribution in [2.24, 2.45) is 11.8 Å². The lowest BCUT2D eigenvalue weighted by atomic mass is 9.86. The van der Waals surface area contributed by atoms with Crippen LogP contribution in [0.5, 0.6) is 11.5 Å². The van der Waals surface area contributed by atoms with Gasteiger partial charge in [-0.2, -0.15) is 0 Å². The summed E-state index contributed by atoms with van der Waals surface area (Å²) in [7, 11) is 1.53. The molecule has 2 unspecified atom stereocenters. The second kappa shape index (κ2) is 6.94. The molecule has 5 nitrogen and oxygen atoms in total. The highest BCUT2D eigenvalue weighted by atomic mass is 16.5. The highest BCUT2D eigenvalue weighted by molar-refractivity contribution is 5.74. The van der Waals surface area contributed by atoms with Gasteiger partial charge in [-0.15, -0.1) is 0 Å². The highest BCUT2D eigenvalue weighted by Crippen LogP contribution is 2.32. The standard InChI is InChI=1S/C18H24N2O3/c1-23-17-10-13(6-7-16(17)21)8-9-19-18(22)20-11-14-4-2-3-5-15(14)12-20/h2-3,6-7,10,14-15,21H,4-5,8-9,11-12H2,1H3,(H,19,22). The number of methoxy groups -OCH3 is 1. The van der Waals surface area contributed by atoms with Gasteiger partial charge < -0.3 is 20.1 Å². The number of urea groups is 1. The van der Waals surface area contributed by atoms with E-state index in [1.165, 1.54) is 7.11 Å². The van der Waals surface area contributed by atoms with Crippen molar-refractivity contribution in [1.29, 1.82) is 0 Å². The van der Waals surface area contributed by atoms with Crippen LogP contribution in [0.3, 0.4) is 0 Å². The van der Waals surface area contributed by atoms with Crippen molar-refractivity contribution < 1.29 is 14.6 Å². The third-order valence-electron chi connectivity index (χ3n) is 4.84. The van der Waals surface area contributed by atoms with Crippen molar-refractivity contribution in [1.82, 2.24) is 10.2 Å². The van der Waals surface area contributed by atoms with Crippen LogP contribution in [0.4, 0.5) is 4.79 Å². The molecule has 23 heavy (non-hydrogen) atoms. The SMILES string of the molecule is COc1cc(CCNC(=O)N2CC3CC=CCC3C2)ccc1O. The Balaban J connectivity index is 1.46. The number of nitrogens with one attached hydrogen (secondary N) is 1. The summed E-state index contributed by atoms with van der Waals surface area (Å²) in [5.41, 5.74) is 1.03. The Hall–Kier alpha value is -2.17. The van der Waals surface area contributed by atoms with E-state index >= 15 is 0 Å². The second-order valence-corrected chi connectivity index (χ2v) is 6.36. The normalized spacial score (nSPS) is 22.7. The maximum absolute atomic E-state index is 12.3. The van der Waals surface area contributed by atoms with Crippen molar-refractivity contribution in [2.75, 3.05) is 26.7 Å². The minimum atomic E-state index is 0.0325. The van der Waals surface area contributed by atoms with Crippen LogP contribution in [-0.2, 0) is 6.42 Å². The largest absolute Gasteiger partial charge is 0.504 e. The van der Waals surface area contributed by atoms with E-state index in [1.54, 1.807) is 12.1 Å². The molecule has 2 N–H and O–H groups in total. The number of carbonyl (C=O) groups excluding carboxylic acids is 1. The first-order valence-corrected chi connectivity index (χ1v) is 8.21. The van der Waals surface area contributed by atoms with Gasteiger partial charge in [0.15, 0.2) is 11.5 Å². The van der Waals surface area contributed by atoms with Crippen LogP contribution >= 0.6 is 0 Å². The topological polar surface area (TPSA) is 61.8 Å². The number of allylic oxidation sites excluding steroid dienone is 2. The Bertz CT molecular complexity index is 584. The van der Waals surface area contributed by atoms with Gasteiger partial charge in [0.25, 0.3) is 0 Å². The van der Waals surface area contributed by atoms with Gasteiger partial charge in [0.1, 0.15) is 0 Å². The number of ether oxygens (including phenoxy) is 1. The third-order valence-corrected chi connectivity index (χ3v) is 4.84. The van der Waals surface area contributed by atoms with Gasteiger partial charge in [-0.05, 0) is 48.8 Å². The molecule has 1 aromatic rings. The number of hydrogen-bond donors (Lipinski definition) is 2. The molecule has 1 fully saturated rings. The van der Waals surface area contributed by atoms with E-state index in [9.17, 15) is 9.90 Å². The lowest BCUT2D eigenvalue weighted by Crippen LogP contribution is -2.39. The maximum Gasteiger partial charge on any atom is 0.317 e. The average Bonchev–Trinajstić information content (AvgIpc) is 3.00. The number of likely N-dealkylation sites (tertiary alicyclic amines) is 1. The summed E-state index contributed by atoms with van der Waals surface area (Å²) in [6.45, 7) is 2.32. The zero-order chi connectivity index (χ0) is 16.2. The molecule has 2 amide bonds. The van der Waals surface area contributed by atoms with E-state index < -0.39 is 0 Å². The van der Waals surface area contributed by atoms with E-state index in [0.717, 1.165) is 31.5 Å². The number of phenols is 1. The van der Waals surface area contributed by atoms with Crippen LogP contribution in [0.25, 0.3) is 0 Å². The van der Waals surface area contributed by atoms with Crippen LogP contribution < -0.4 is 10.1 Å². The molecule has 2 atom stereocenters. The summed E-state index contributed by atoms with van der Waals surface area (Å²) in [6.07, 6.45) is 7.38. The van der Waals surface area contributed by atoms with Crippen molar-refractivity contribution in [3.05, 3.63) is 35.9 Å². The number of aromatic hydroxyl groups is 1. The molecule has 0 aromatic heterocycles. The number of rotatable bonds is 4. The second-order valence-electron chi connectivity index (χ2n) is 6.36. The number of carbonyl (C=O) groups is 1. The summed E-state index contributed by atoms with van der Waals surface area (Å²) >= 11 is 0. The van der Waals surface area contributed by atoms with Crippen LogP contribution in [0, 0.1) is 11.8 Å². The van der Waals surface area contributed by atoms with Gasteiger partial charge >= 0.3 is 6.03 Å². The summed E-state index contributed by atoms with van der Waals surface area (Å²) in [6, 6.07) is 5.30. The molecular formula is C18H24N2O3. The molecule has 1 heterocycles. The van der Waals surface area contributed by atoms with Crippen LogP contribution in [0.15, 0.2) is 30.4 Å².